The molecule has 1 fully saturated rings. The van der Waals surface area contributed by atoms with E-state index in [1.807, 2.05) is 0 Å². The summed E-state index contributed by atoms with van der Waals surface area (Å²) in [6.45, 7) is 1.34. The molecule has 1 N–H and O–H groups in total. The number of hydrogen-bond acceptors (Lipinski definition) is 7. The van der Waals surface area contributed by atoms with E-state index >= 15 is 0 Å². The molecule has 0 aliphatic carbocycles. The van der Waals surface area contributed by atoms with Crippen LogP contribution in [0.15, 0.2) is 30.5 Å². The van der Waals surface area contributed by atoms with Crippen LogP contribution in [-0.2, 0) is 0 Å². The molecule has 1 unspecified atom stereocenters. The number of nitrogens with zero attached hydrogens (tertiary/aromatic N) is 3. The maximum absolute atomic E-state index is 12.6. The highest BCUT2D eigenvalue weighted by molar-refractivity contribution is 5.89. The van der Waals surface area contributed by atoms with E-state index in [0.29, 0.717) is 36.2 Å². The van der Waals surface area contributed by atoms with Gasteiger partial charge in [-0.3, -0.25) is 0 Å². The van der Waals surface area contributed by atoms with Gasteiger partial charge in [-0.2, -0.15) is 4.98 Å². The summed E-state index contributed by atoms with van der Waals surface area (Å²) < 4.78 is 21.5. The summed E-state index contributed by atoms with van der Waals surface area (Å²) in [7, 11) is 1.50. The molecule has 2 aliphatic rings. The predicted molar refractivity (Wildman–Crippen MR) is 95.4 cm³/mol. The van der Waals surface area contributed by atoms with Crippen molar-refractivity contribution in [1.29, 1.82) is 0 Å². The van der Waals surface area contributed by atoms with Crippen molar-refractivity contribution in [2.24, 2.45) is 0 Å². The number of ether oxygens (including phenoxy) is 4. The van der Waals surface area contributed by atoms with Crippen LogP contribution in [0.1, 0.15) is 12.8 Å². The number of carbonyl (C=O) groups excluding carboxylic acids is 1. The number of carbonyl (C=O) groups is 1. The van der Waals surface area contributed by atoms with Crippen molar-refractivity contribution in [3.05, 3.63) is 30.5 Å². The lowest BCUT2D eigenvalue weighted by atomic mass is 10.1. The molecule has 1 aromatic carbocycles. The first-order valence-electron chi connectivity index (χ1n) is 8.70. The molecule has 2 aromatic rings. The third-order valence-corrected chi connectivity index (χ3v) is 4.37. The molecule has 0 spiro atoms. The van der Waals surface area contributed by atoms with Crippen LogP contribution >= 0.6 is 0 Å². The zero-order valence-electron chi connectivity index (χ0n) is 14.9. The number of anilines is 1. The lowest BCUT2D eigenvalue weighted by molar-refractivity contribution is 0.102. The molecular weight excluding hydrogens is 352 g/mol. The van der Waals surface area contributed by atoms with Gasteiger partial charge in [-0.05, 0) is 25.0 Å². The fourth-order valence-electron chi connectivity index (χ4n) is 3.06. The summed E-state index contributed by atoms with van der Waals surface area (Å²) in [4.78, 5) is 22.5. The van der Waals surface area contributed by atoms with E-state index in [9.17, 15) is 4.79 Å². The van der Waals surface area contributed by atoms with Crippen molar-refractivity contribution in [1.82, 2.24) is 14.9 Å². The first-order valence-corrected chi connectivity index (χ1v) is 8.70. The minimum Gasteiger partial charge on any atom is -0.472 e. The second-order valence-corrected chi connectivity index (χ2v) is 6.21. The number of methoxy groups -OCH3 is 1. The SMILES string of the molecule is COc1nccc(OC2CCCN(C(=O)Nc3ccc4c(c3)OCO4)C2)n1. The number of urea groups is 1. The molecule has 3 heterocycles. The molecule has 142 valence electrons. The maximum Gasteiger partial charge on any atom is 0.321 e. The van der Waals surface area contributed by atoms with Gasteiger partial charge in [-0.1, -0.05) is 0 Å². The van der Waals surface area contributed by atoms with Crippen LogP contribution in [0.5, 0.6) is 23.4 Å². The number of piperidine rings is 1. The minimum absolute atomic E-state index is 0.138. The predicted octanol–water partition coefficient (Wildman–Crippen LogP) is 2.29. The zero-order chi connectivity index (χ0) is 18.6. The fourth-order valence-corrected chi connectivity index (χ4v) is 3.06. The van der Waals surface area contributed by atoms with E-state index < -0.39 is 0 Å². The van der Waals surface area contributed by atoms with Gasteiger partial charge in [0.15, 0.2) is 11.5 Å². The van der Waals surface area contributed by atoms with Gasteiger partial charge in [-0.15, -0.1) is 0 Å². The highest BCUT2D eigenvalue weighted by atomic mass is 16.7. The van der Waals surface area contributed by atoms with Gasteiger partial charge in [0.05, 0.1) is 13.7 Å². The molecule has 0 bridgehead atoms. The summed E-state index contributed by atoms with van der Waals surface area (Å²) in [6.07, 6.45) is 3.14. The van der Waals surface area contributed by atoms with E-state index in [0.717, 1.165) is 12.8 Å². The molecule has 9 heteroatoms. The Morgan fingerprint density at radius 1 is 1.30 bits per heavy atom. The smallest absolute Gasteiger partial charge is 0.321 e. The molecule has 27 heavy (non-hydrogen) atoms. The number of aromatic nitrogens is 2. The fraction of sp³-hybridized carbons (Fsp3) is 0.389. The Kier molecular flexibility index (Phi) is 4.82. The number of nitrogens with one attached hydrogen (secondary N) is 1. The Labute approximate surface area is 156 Å². The Morgan fingerprint density at radius 3 is 3.07 bits per heavy atom. The molecule has 9 nitrogen and oxygen atoms in total. The van der Waals surface area contributed by atoms with Crippen molar-refractivity contribution >= 4 is 11.7 Å². The van der Waals surface area contributed by atoms with E-state index in [-0.39, 0.29) is 24.9 Å². The lowest BCUT2D eigenvalue weighted by Crippen LogP contribution is -2.46. The first-order chi connectivity index (χ1) is 13.2. The van der Waals surface area contributed by atoms with Gasteiger partial charge in [0.1, 0.15) is 6.10 Å². The van der Waals surface area contributed by atoms with Crippen LogP contribution in [0, 0.1) is 0 Å². The molecule has 0 saturated carbocycles. The quantitative estimate of drug-likeness (QED) is 0.880. The topological polar surface area (TPSA) is 95.0 Å². The van der Waals surface area contributed by atoms with Gasteiger partial charge >= 0.3 is 12.0 Å². The third-order valence-electron chi connectivity index (χ3n) is 4.37. The highest BCUT2D eigenvalue weighted by Crippen LogP contribution is 2.34. The van der Waals surface area contributed by atoms with E-state index in [4.69, 9.17) is 18.9 Å². The van der Waals surface area contributed by atoms with E-state index in [2.05, 4.69) is 15.3 Å². The zero-order valence-corrected chi connectivity index (χ0v) is 14.9. The minimum atomic E-state index is -0.178. The standard InChI is InChI=1S/C18H20N4O5/c1-24-17-19-7-6-16(21-17)27-13-3-2-8-22(10-13)18(23)20-12-4-5-14-15(9-12)26-11-25-14/h4-7,9,13H,2-3,8,10-11H2,1H3,(H,20,23). The number of amides is 2. The molecule has 1 aromatic heterocycles. The molecule has 2 aliphatic heterocycles. The summed E-state index contributed by atoms with van der Waals surface area (Å²) in [5, 5.41) is 2.89. The van der Waals surface area contributed by atoms with Crippen LogP contribution in [0.2, 0.25) is 0 Å². The average molecular weight is 372 g/mol. The van der Waals surface area contributed by atoms with Crippen LogP contribution in [-0.4, -0.2) is 54.0 Å². The van der Waals surface area contributed by atoms with Gasteiger partial charge in [0.2, 0.25) is 12.7 Å². The number of rotatable bonds is 4. The summed E-state index contributed by atoms with van der Waals surface area (Å²) >= 11 is 0. The molecule has 1 atom stereocenters. The molecule has 1 saturated heterocycles. The van der Waals surface area contributed by atoms with Crippen molar-refractivity contribution in [3.63, 3.8) is 0 Å². The highest BCUT2D eigenvalue weighted by Gasteiger charge is 2.26. The molecule has 0 radical (unpaired) electrons. The van der Waals surface area contributed by atoms with Crippen molar-refractivity contribution < 1.29 is 23.7 Å². The Balaban J connectivity index is 1.36. The van der Waals surface area contributed by atoms with Crippen LogP contribution in [0.25, 0.3) is 0 Å². The van der Waals surface area contributed by atoms with Crippen molar-refractivity contribution in [2.45, 2.75) is 18.9 Å². The van der Waals surface area contributed by atoms with Crippen LogP contribution in [0.3, 0.4) is 0 Å². The second-order valence-electron chi connectivity index (χ2n) is 6.21. The summed E-state index contributed by atoms with van der Waals surface area (Å²) in [6, 6.07) is 7.07. The summed E-state index contributed by atoms with van der Waals surface area (Å²) in [5.41, 5.74) is 0.660. The molecule has 4 rings (SSSR count). The second kappa shape index (κ2) is 7.56. The number of fused-ring (bicyclic) bond motifs is 1. The van der Waals surface area contributed by atoms with Gasteiger partial charge < -0.3 is 29.2 Å². The lowest BCUT2D eigenvalue weighted by Gasteiger charge is -2.32. The first kappa shape index (κ1) is 17.2. The van der Waals surface area contributed by atoms with Crippen LogP contribution < -0.4 is 24.3 Å². The normalized spacial score (nSPS) is 18.1. The monoisotopic (exact) mass is 372 g/mol. The van der Waals surface area contributed by atoms with E-state index in [1.165, 1.54) is 7.11 Å². The van der Waals surface area contributed by atoms with Gasteiger partial charge in [0, 0.05) is 30.6 Å². The maximum atomic E-state index is 12.6. The third kappa shape index (κ3) is 3.97. The van der Waals surface area contributed by atoms with Crippen molar-refractivity contribution in [3.8, 4) is 23.4 Å². The van der Waals surface area contributed by atoms with Gasteiger partial charge in [0.25, 0.3) is 0 Å². The Morgan fingerprint density at radius 2 is 2.19 bits per heavy atom. The number of likely N-dealkylation sites (tertiary alicyclic amines) is 1. The molecule has 2 amide bonds. The molecular formula is C18H20N4O5. The number of hydrogen-bond donors (Lipinski definition) is 1. The Bertz CT molecular complexity index is 831. The van der Waals surface area contributed by atoms with Crippen molar-refractivity contribution in [2.75, 3.05) is 32.3 Å². The Hall–Kier alpha value is -3.23. The van der Waals surface area contributed by atoms with E-state index in [1.54, 1.807) is 35.4 Å². The number of benzene rings is 1. The average Bonchev–Trinajstić information content (AvgIpc) is 3.16. The largest absolute Gasteiger partial charge is 0.472 e. The van der Waals surface area contributed by atoms with Crippen LogP contribution in [0.4, 0.5) is 10.5 Å². The van der Waals surface area contributed by atoms with Gasteiger partial charge in [-0.25, -0.2) is 9.78 Å². The summed E-state index contributed by atoms with van der Waals surface area (Å²) in [5.74, 6) is 1.75.